The van der Waals surface area contributed by atoms with Gasteiger partial charge in [0.15, 0.2) is 0 Å². The minimum atomic E-state index is -0.737. The summed E-state index contributed by atoms with van der Waals surface area (Å²) in [6, 6.07) is 5.23. The number of ether oxygens (including phenoxy) is 1. The van der Waals surface area contributed by atoms with E-state index in [0.717, 1.165) is 0 Å². The van der Waals surface area contributed by atoms with Crippen LogP contribution in [0.15, 0.2) is 28.8 Å². The quantitative estimate of drug-likeness (QED) is 0.876. The van der Waals surface area contributed by atoms with Crippen LogP contribution in [0.25, 0.3) is 0 Å². The Hall–Kier alpha value is -2.70. The third kappa shape index (κ3) is 3.25. The van der Waals surface area contributed by atoms with E-state index in [1.165, 1.54) is 31.2 Å². The van der Waals surface area contributed by atoms with Crippen LogP contribution in [0.3, 0.4) is 0 Å². The third-order valence-corrected chi connectivity index (χ3v) is 2.66. The Morgan fingerprint density at radius 3 is 2.62 bits per heavy atom. The average molecular weight is 292 g/mol. The number of hydrogen-bond acceptors (Lipinski definition) is 5. The van der Waals surface area contributed by atoms with E-state index >= 15 is 0 Å². The Morgan fingerprint density at radius 2 is 2.00 bits per heavy atom. The Labute approximate surface area is 119 Å². The number of rotatable bonds is 4. The van der Waals surface area contributed by atoms with E-state index in [1.807, 2.05) is 0 Å². The summed E-state index contributed by atoms with van der Waals surface area (Å²) in [6.07, 6.45) is 0. The molecule has 0 saturated carbocycles. The molecule has 0 fully saturated rings. The van der Waals surface area contributed by atoms with Crippen LogP contribution < -0.4 is 5.32 Å². The van der Waals surface area contributed by atoms with Gasteiger partial charge in [0.1, 0.15) is 17.1 Å². The standard InChI is InChI=1S/C14H13FN2O4/c1-3-20-14(19)12-11(8(2)21-17-12)13(18)16-10-6-4-9(15)5-7-10/h4-7H,3H2,1-2H3,(H,16,18). The van der Waals surface area contributed by atoms with Crippen LogP contribution in [-0.2, 0) is 4.74 Å². The monoisotopic (exact) mass is 292 g/mol. The van der Waals surface area contributed by atoms with Crippen molar-refractivity contribution in [1.29, 1.82) is 0 Å². The summed E-state index contributed by atoms with van der Waals surface area (Å²) in [7, 11) is 0. The first-order chi connectivity index (χ1) is 10.0. The molecule has 0 radical (unpaired) electrons. The van der Waals surface area contributed by atoms with Crippen molar-refractivity contribution in [1.82, 2.24) is 5.16 Å². The van der Waals surface area contributed by atoms with E-state index in [4.69, 9.17) is 9.26 Å². The zero-order valence-electron chi connectivity index (χ0n) is 11.5. The van der Waals surface area contributed by atoms with Gasteiger partial charge in [0.05, 0.1) is 6.61 Å². The van der Waals surface area contributed by atoms with Crippen LogP contribution in [-0.4, -0.2) is 23.6 Å². The van der Waals surface area contributed by atoms with Crippen LogP contribution in [0.4, 0.5) is 10.1 Å². The minimum Gasteiger partial charge on any atom is -0.461 e. The lowest BCUT2D eigenvalue weighted by Gasteiger charge is -2.05. The molecule has 0 atom stereocenters. The molecule has 110 valence electrons. The molecular formula is C14H13FN2O4. The van der Waals surface area contributed by atoms with Crippen LogP contribution in [0.5, 0.6) is 0 Å². The van der Waals surface area contributed by atoms with Gasteiger partial charge in [0, 0.05) is 5.69 Å². The molecule has 0 aliphatic rings. The van der Waals surface area contributed by atoms with Crippen molar-refractivity contribution in [2.24, 2.45) is 0 Å². The van der Waals surface area contributed by atoms with Crippen molar-refractivity contribution in [3.8, 4) is 0 Å². The summed E-state index contributed by atoms with van der Waals surface area (Å²) < 4.78 is 22.5. The number of amides is 1. The number of anilines is 1. The van der Waals surface area contributed by atoms with Gasteiger partial charge in [-0.05, 0) is 38.1 Å². The van der Waals surface area contributed by atoms with Crippen molar-refractivity contribution < 1.29 is 23.2 Å². The first kappa shape index (κ1) is 14.7. The zero-order valence-corrected chi connectivity index (χ0v) is 11.5. The Morgan fingerprint density at radius 1 is 1.33 bits per heavy atom. The average Bonchev–Trinajstić information content (AvgIpc) is 2.83. The summed E-state index contributed by atoms with van der Waals surface area (Å²) in [5.74, 6) is -1.54. The fourth-order valence-corrected chi connectivity index (χ4v) is 1.71. The van der Waals surface area contributed by atoms with Crippen molar-refractivity contribution >= 4 is 17.6 Å². The Balaban J connectivity index is 2.24. The van der Waals surface area contributed by atoms with Crippen molar-refractivity contribution in [3.05, 3.63) is 47.1 Å². The lowest BCUT2D eigenvalue weighted by Crippen LogP contribution is -2.17. The Kier molecular flexibility index (Phi) is 4.32. The summed E-state index contributed by atoms with van der Waals surface area (Å²) in [4.78, 5) is 23.9. The Bertz CT molecular complexity index is 664. The van der Waals surface area contributed by atoms with E-state index < -0.39 is 17.7 Å². The molecule has 7 heteroatoms. The number of benzene rings is 1. The van der Waals surface area contributed by atoms with Crippen molar-refractivity contribution in [2.45, 2.75) is 13.8 Å². The molecule has 1 aromatic heterocycles. The van der Waals surface area contributed by atoms with Crippen LogP contribution in [0.2, 0.25) is 0 Å². The fourth-order valence-electron chi connectivity index (χ4n) is 1.71. The van der Waals surface area contributed by atoms with E-state index in [1.54, 1.807) is 6.92 Å². The summed E-state index contributed by atoms with van der Waals surface area (Å²) in [5, 5.41) is 6.08. The number of carbonyl (C=O) groups is 2. The second-order valence-electron chi connectivity index (χ2n) is 4.14. The maximum atomic E-state index is 12.8. The van der Waals surface area contributed by atoms with Gasteiger partial charge < -0.3 is 14.6 Å². The van der Waals surface area contributed by atoms with Gasteiger partial charge in [-0.15, -0.1) is 0 Å². The molecule has 1 N–H and O–H groups in total. The molecule has 0 unspecified atom stereocenters. The molecule has 0 aliphatic heterocycles. The minimum absolute atomic E-state index is 0.00206. The number of aryl methyl sites for hydroxylation is 1. The predicted molar refractivity (Wildman–Crippen MR) is 71.5 cm³/mol. The van der Waals surface area contributed by atoms with E-state index in [0.29, 0.717) is 5.69 Å². The molecule has 1 amide bonds. The highest BCUT2D eigenvalue weighted by atomic mass is 19.1. The van der Waals surface area contributed by atoms with Gasteiger partial charge in [-0.3, -0.25) is 4.79 Å². The number of hydrogen-bond donors (Lipinski definition) is 1. The molecule has 21 heavy (non-hydrogen) atoms. The molecule has 2 rings (SSSR count). The van der Waals surface area contributed by atoms with Crippen LogP contribution >= 0.6 is 0 Å². The first-order valence-electron chi connectivity index (χ1n) is 6.23. The molecule has 0 bridgehead atoms. The maximum absolute atomic E-state index is 12.8. The summed E-state index contributed by atoms with van der Waals surface area (Å²) in [5.41, 5.74) is 0.198. The van der Waals surface area contributed by atoms with Crippen LogP contribution in [0.1, 0.15) is 33.5 Å². The van der Waals surface area contributed by atoms with Gasteiger partial charge in [-0.25, -0.2) is 9.18 Å². The largest absolute Gasteiger partial charge is 0.461 e. The molecule has 0 spiro atoms. The number of halogens is 1. The highest BCUT2D eigenvalue weighted by Crippen LogP contribution is 2.17. The fraction of sp³-hybridized carbons (Fsp3) is 0.214. The van der Waals surface area contributed by atoms with Gasteiger partial charge in [0.25, 0.3) is 5.91 Å². The number of nitrogens with zero attached hydrogens (tertiary/aromatic N) is 1. The van der Waals surface area contributed by atoms with E-state index in [2.05, 4.69) is 10.5 Å². The summed E-state index contributed by atoms with van der Waals surface area (Å²) >= 11 is 0. The molecule has 0 saturated heterocycles. The molecular weight excluding hydrogens is 279 g/mol. The third-order valence-electron chi connectivity index (χ3n) is 2.66. The lowest BCUT2D eigenvalue weighted by atomic mass is 10.1. The van der Waals surface area contributed by atoms with Crippen molar-refractivity contribution in [3.63, 3.8) is 0 Å². The highest BCUT2D eigenvalue weighted by molar-refractivity contribution is 6.10. The molecule has 1 aromatic carbocycles. The first-order valence-corrected chi connectivity index (χ1v) is 6.23. The van der Waals surface area contributed by atoms with Gasteiger partial charge >= 0.3 is 5.97 Å². The smallest absolute Gasteiger partial charge is 0.361 e. The molecule has 0 aliphatic carbocycles. The maximum Gasteiger partial charge on any atom is 0.361 e. The normalized spacial score (nSPS) is 10.2. The SMILES string of the molecule is CCOC(=O)c1noc(C)c1C(=O)Nc1ccc(F)cc1. The van der Waals surface area contributed by atoms with E-state index in [9.17, 15) is 14.0 Å². The van der Waals surface area contributed by atoms with Gasteiger partial charge in [0.2, 0.25) is 5.69 Å². The lowest BCUT2D eigenvalue weighted by molar-refractivity contribution is 0.0512. The molecule has 2 aromatic rings. The number of esters is 1. The van der Waals surface area contributed by atoms with Gasteiger partial charge in [-0.1, -0.05) is 5.16 Å². The summed E-state index contributed by atoms with van der Waals surface area (Å²) in [6.45, 7) is 3.31. The number of carbonyl (C=O) groups excluding carboxylic acids is 2. The number of nitrogens with one attached hydrogen (secondary N) is 1. The highest BCUT2D eigenvalue weighted by Gasteiger charge is 2.26. The van der Waals surface area contributed by atoms with Crippen LogP contribution in [0, 0.1) is 12.7 Å². The molecule has 6 nitrogen and oxygen atoms in total. The number of aromatic nitrogens is 1. The molecule has 1 heterocycles. The second kappa shape index (κ2) is 6.17. The second-order valence-corrected chi connectivity index (χ2v) is 4.14. The zero-order chi connectivity index (χ0) is 15.4. The topological polar surface area (TPSA) is 81.4 Å². The van der Waals surface area contributed by atoms with Crippen molar-refractivity contribution in [2.75, 3.05) is 11.9 Å². The van der Waals surface area contributed by atoms with Gasteiger partial charge in [-0.2, -0.15) is 0 Å². The predicted octanol–water partition coefficient (Wildman–Crippen LogP) is 2.55. The van der Waals surface area contributed by atoms with E-state index in [-0.39, 0.29) is 23.6 Å².